The van der Waals surface area contributed by atoms with Gasteiger partial charge < -0.3 is 29.2 Å². The Morgan fingerprint density at radius 3 is 1.32 bits per heavy atom. The molecule has 2 fully saturated rings. The van der Waals surface area contributed by atoms with Crippen LogP contribution in [0.25, 0.3) is 22.3 Å². The normalized spacial score (nSPS) is 18.5. The molecule has 66 heavy (non-hydrogen) atoms. The zero-order valence-corrected chi connectivity index (χ0v) is 40.2. The molecule has 6 aromatic rings. The van der Waals surface area contributed by atoms with E-state index in [1.165, 1.54) is 23.4 Å². The molecule has 0 bridgehead atoms. The van der Waals surface area contributed by atoms with Crippen molar-refractivity contribution in [3.05, 3.63) is 109 Å². The van der Waals surface area contributed by atoms with Gasteiger partial charge >= 0.3 is 23.3 Å². The summed E-state index contributed by atoms with van der Waals surface area (Å²) in [7, 11) is 9.42. The summed E-state index contributed by atoms with van der Waals surface area (Å²) in [6.07, 6.45) is 6.34. The van der Waals surface area contributed by atoms with Crippen molar-refractivity contribution in [1.82, 2.24) is 37.4 Å². The topological polar surface area (TPSA) is 200 Å². The fourth-order valence-corrected chi connectivity index (χ4v) is 9.47. The fourth-order valence-electron chi connectivity index (χ4n) is 8.83. The molecule has 0 unspecified atom stereocenters. The molecule has 0 aliphatic heterocycles. The standard InChI is InChI=1S/2C22H25Cl2N5O4/c2*1-27-17-18(26-21(27)25-14-6-4-5-13(10-14)20(31)33-3)28(2)22(32)29(19(17)30)11-12-7-8-15(23)16(24)9-12/h2*7-9,13-14H,4-6,10-11H2,1-3H3,(H,25,26)/t2*13-,14-/m10/s1. The van der Waals surface area contributed by atoms with Crippen LogP contribution in [0.15, 0.2) is 55.6 Å². The molecule has 18 nitrogen and oxygen atoms in total. The van der Waals surface area contributed by atoms with Gasteiger partial charge in [0.2, 0.25) is 11.9 Å². The number of rotatable bonds is 10. The molecule has 2 aliphatic rings. The number of esters is 2. The molecule has 4 heterocycles. The second-order valence-corrected chi connectivity index (χ2v) is 18.4. The van der Waals surface area contributed by atoms with Crippen molar-refractivity contribution in [1.29, 1.82) is 0 Å². The molecule has 0 radical (unpaired) electrons. The summed E-state index contributed by atoms with van der Waals surface area (Å²) in [6, 6.07) is 10.00. The van der Waals surface area contributed by atoms with Crippen LogP contribution in [0.4, 0.5) is 11.9 Å². The zero-order valence-electron chi connectivity index (χ0n) is 37.2. The lowest BCUT2D eigenvalue weighted by atomic mass is 9.86. The van der Waals surface area contributed by atoms with Crippen molar-refractivity contribution >= 4 is 92.6 Å². The molecule has 2 aliphatic carbocycles. The second kappa shape index (κ2) is 20.1. The maximum absolute atomic E-state index is 13.3. The van der Waals surface area contributed by atoms with Crippen molar-refractivity contribution in [2.45, 2.75) is 76.5 Å². The molecule has 4 aromatic heterocycles. The molecule has 2 N–H and O–H groups in total. The number of hydrogen-bond acceptors (Lipinski definition) is 12. The van der Waals surface area contributed by atoms with Gasteiger partial charge in [0.05, 0.1) is 59.2 Å². The summed E-state index contributed by atoms with van der Waals surface area (Å²) in [5.41, 5.74) is 0.704. The maximum Gasteiger partial charge on any atom is 0.332 e. The van der Waals surface area contributed by atoms with Crippen LogP contribution < -0.4 is 33.1 Å². The third-order valence-corrected chi connectivity index (χ3v) is 13.9. The Balaban J connectivity index is 0.000000196. The van der Waals surface area contributed by atoms with E-state index in [2.05, 4.69) is 20.6 Å². The highest BCUT2D eigenvalue weighted by Gasteiger charge is 2.31. The number of nitrogens with one attached hydrogen (secondary N) is 2. The van der Waals surface area contributed by atoms with Crippen molar-refractivity contribution in [2.75, 3.05) is 24.9 Å². The number of aryl methyl sites for hydroxylation is 4. The van der Waals surface area contributed by atoms with E-state index in [9.17, 15) is 28.8 Å². The minimum Gasteiger partial charge on any atom is -0.469 e. The van der Waals surface area contributed by atoms with Crippen LogP contribution in [-0.4, -0.2) is 75.6 Å². The van der Waals surface area contributed by atoms with Gasteiger partial charge in [-0.15, -0.1) is 0 Å². The lowest BCUT2D eigenvalue weighted by Gasteiger charge is -2.28. The Kier molecular flexibility index (Phi) is 14.7. The highest BCUT2D eigenvalue weighted by molar-refractivity contribution is 6.42. The number of nitrogens with zero attached hydrogens (tertiary/aromatic N) is 8. The second-order valence-electron chi connectivity index (χ2n) is 16.8. The molecule has 22 heteroatoms. The molecule has 0 saturated heterocycles. The van der Waals surface area contributed by atoms with Crippen LogP contribution in [0.2, 0.25) is 20.1 Å². The summed E-state index contributed by atoms with van der Waals surface area (Å²) >= 11 is 24.1. The lowest BCUT2D eigenvalue weighted by molar-refractivity contribution is -0.147. The van der Waals surface area contributed by atoms with E-state index in [-0.39, 0.29) is 48.9 Å². The quantitative estimate of drug-likeness (QED) is 0.155. The number of imidazole rings is 2. The largest absolute Gasteiger partial charge is 0.469 e. The molecule has 4 atom stereocenters. The van der Waals surface area contributed by atoms with E-state index in [4.69, 9.17) is 55.9 Å². The molecule has 352 valence electrons. The average molecular weight is 989 g/mol. The van der Waals surface area contributed by atoms with E-state index in [0.29, 0.717) is 78.3 Å². The van der Waals surface area contributed by atoms with Crippen LogP contribution in [0.3, 0.4) is 0 Å². The van der Waals surface area contributed by atoms with Crippen molar-refractivity contribution < 1.29 is 19.1 Å². The first-order chi connectivity index (χ1) is 31.4. The summed E-state index contributed by atoms with van der Waals surface area (Å²) in [6.45, 7) is 0.103. The summed E-state index contributed by atoms with van der Waals surface area (Å²) < 4.78 is 18.1. The highest BCUT2D eigenvalue weighted by atomic mass is 35.5. The van der Waals surface area contributed by atoms with E-state index < -0.39 is 22.5 Å². The molecule has 0 amide bonds. The molecule has 2 saturated carbocycles. The van der Waals surface area contributed by atoms with Gasteiger partial charge in [-0.2, -0.15) is 9.97 Å². The number of hydrogen-bond donors (Lipinski definition) is 2. The molecule has 2 aromatic carbocycles. The monoisotopic (exact) mass is 986 g/mol. The predicted octanol–water partition coefficient (Wildman–Crippen LogP) is 5.87. The van der Waals surface area contributed by atoms with Crippen molar-refractivity contribution in [2.24, 2.45) is 40.0 Å². The first-order valence-electron chi connectivity index (χ1n) is 21.3. The van der Waals surface area contributed by atoms with Gasteiger partial charge in [-0.05, 0) is 73.9 Å². The minimum absolute atomic E-state index is 0.00817. The van der Waals surface area contributed by atoms with Gasteiger partial charge in [0, 0.05) is 40.3 Å². The van der Waals surface area contributed by atoms with Crippen LogP contribution in [-0.2, 0) is 60.3 Å². The van der Waals surface area contributed by atoms with Gasteiger partial charge in [0.25, 0.3) is 11.1 Å². The number of ether oxygens (including phenoxy) is 2. The number of carbonyl (C=O) groups excluding carboxylic acids is 2. The average Bonchev–Trinajstić information content (AvgIpc) is 3.82. The van der Waals surface area contributed by atoms with Gasteiger partial charge in [0.15, 0.2) is 22.3 Å². The van der Waals surface area contributed by atoms with Crippen LogP contribution >= 0.6 is 46.4 Å². The molecular weight excluding hydrogens is 938 g/mol. The Morgan fingerprint density at radius 1 is 0.591 bits per heavy atom. The smallest absolute Gasteiger partial charge is 0.332 e. The maximum atomic E-state index is 13.3. The Hall–Kier alpha value is -5.56. The number of carbonyl (C=O) groups is 2. The predicted molar refractivity (Wildman–Crippen MR) is 254 cm³/mol. The van der Waals surface area contributed by atoms with Gasteiger partial charge in [0.1, 0.15) is 0 Å². The van der Waals surface area contributed by atoms with Crippen molar-refractivity contribution in [3.8, 4) is 0 Å². The molecule has 8 rings (SSSR count). The number of fused-ring (bicyclic) bond motifs is 2. The summed E-state index contributed by atoms with van der Waals surface area (Å²) in [5.74, 6) is 0.199. The summed E-state index contributed by atoms with van der Waals surface area (Å²) in [5, 5.41) is 8.21. The van der Waals surface area contributed by atoms with E-state index in [0.717, 1.165) is 47.7 Å². The first kappa shape index (κ1) is 48.4. The number of aromatic nitrogens is 8. The lowest BCUT2D eigenvalue weighted by Crippen LogP contribution is -2.39. The Labute approximate surface area is 397 Å². The number of halogens is 4. The van der Waals surface area contributed by atoms with Crippen LogP contribution in [0.1, 0.15) is 62.5 Å². The zero-order chi connectivity index (χ0) is 47.7. The van der Waals surface area contributed by atoms with Gasteiger partial charge in [-0.1, -0.05) is 71.4 Å². The number of methoxy groups -OCH3 is 2. The van der Waals surface area contributed by atoms with Crippen LogP contribution in [0, 0.1) is 11.8 Å². The third-order valence-electron chi connectivity index (χ3n) is 12.5. The first-order valence-corrected chi connectivity index (χ1v) is 22.8. The fraction of sp³-hybridized carbons (Fsp3) is 0.455. The van der Waals surface area contributed by atoms with Gasteiger partial charge in [-0.25, -0.2) is 9.59 Å². The molecule has 0 spiro atoms. The third kappa shape index (κ3) is 9.78. The van der Waals surface area contributed by atoms with E-state index in [1.54, 1.807) is 73.7 Å². The SMILES string of the molecule is COC(=O)[C@@H]1CCC[C@@H](Nc2nc3c(c(=O)n(Cc4ccc(Cl)c(Cl)c4)c(=O)n3C)n2C)C1.COC(=O)[C@H]1CCC[C@H](Nc2nc3c(c(=O)n(Cc4ccc(Cl)c(Cl)c4)c(=O)n3C)n2C)C1. The van der Waals surface area contributed by atoms with Crippen molar-refractivity contribution in [3.63, 3.8) is 0 Å². The Bertz CT molecular complexity index is 2890. The highest BCUT2D eigenvalue weighted by Crippen LogP contribution is 2.30. The Morgan fingerprint density at radius 2 is 0.970 bits per heavy atom. The van der Waals surface area contributed by atoms with Crippen LogP contribution in [0.5, 0.6) is 0 Å². The minimum atomic E-state index is -0.480. The van der Waals surface area contributed by atoms with Gasteiger partial charge in [-0.3, -0.25) is 37.4 Å². The molecular formula is C44H50Cl4N10O8. The van der Waals surface area contributed by atoms with E-state index >= 15 is 0 Å². The number of anilines is 2. The van der Waals surface area contributed by atoms with E-state index in [1.807, 2.05) is 0 Å². The number of benzene rings is 2. The summed E-state index contributed by atoms with van der Waals surface area (Å²) in [4.78, 5) is 85.5.